The lowest BCUT2D eigenvalue weighted by Gasteiger charge is -2.13. The Labute approximate surface area is 107 Å². The summed E-state index contributed by atoms with van der Waals surface area (Å²) in [4.78, 5) is 22.3. The van der Waals surface area contributed by atoms with Crippen molar-refractivity contribution in [2.45, 2.75) is 27.2 Å². The van der Waals surface area contributed by atoms with Crippen LogP contribution in [-0.2, 0) is 16.0 Å². The van der Waals surface area contributed by atoms with Crippen LogP contribution in [0.2, 0.25) is 0 Å². The van der Waals surface area contributed by atoms with Crippen molar-refractivity contribution in [3.05, 3.63) is 23.8 Å². The molecule has 0 heterocycles. The zero-order valence-electron chi connectivity index (χ0n) is 11.1. The van der Waals surface area contributed by atoms with Crippen molar-refractivity contribution in [2.75, 3.05) is 7.11 Å². The van der Waals surface area contributed by atoms with Crippen LogP contribution in [0, 0.1) is 5.92 Å². The number of methoxy groups -OCH3 is 1. The Hall–Kier alpha value is -1.84. The quantitative estimate of drug-likeness (QED) is 0.594. The predicted molar refractivity (Wildman–Crippen MR) is 67.9 cm³/mol. The molecule has 0 saturated carbocycles. The van der Waals surface area contributed by atoms with E-state index in [-0.39, 0.29) is 17.7 Å². The van der Waals surface area contributed by atoms with Crippen molar-refractivity contribution in [1.29, 1.82) is 0 Å². The van der Waals surface area contributed by atoms with Crippen molar-refractivity contribution < 1.29 is 19.1 Å². The van der Waals surface area contributed by atoms with Crippen LogP contribution < -0.4 is 9.47 Å². The van der Waals surface area contributed by atoms with Crippen LogP contribution in [0.15, 0.2) is 18.2 Å². The molecule has 0 amide bonds. The van der Waals surface area contributed by atoms with Crippen LogP contribution in [-0.4, -0.2) is 18.9 Å². The van der Waals surface area contributed by atoms with Crippen LogP contribution in [0.1, 0.15) is 26.3 Å². The smallest absolute Gasteiger partial charge is 0.308 e. The van der Waals surface area contributed by atoms with Crippen LogP contribution >= 0.6 is 0 Å². The van der Waals surface area contributed by atoms with E-state index in [1.807, 2.05) is 6.92 Å². The van der Waals surface area contributed by atoms with Crippen molar-refractivity contribution in [1.82, 2.24) is 0 Å². The fourth-order valence-electron chi connectivity index (χ4n) is 1.57. The maximum absolute atomic E-state index is 11.3. The Bertz CT molecular complexity index is 451. The topological polar surface area (TPSA) is 52.6 Å². The van der Waals surface area contributed by atoms with Gasteiger partial charge in [0.25, 0.3) is 0 Å². The molecular formula is C14H18O4. The monoisotopic (exact) mass is 250 g/mol. The maximum Gasteiger partial charge on any atom is 0.308 e. The number of benzene rings is 1. The number of esters is 1. The largest absolute Gasteiger partial charge is 0.497 e. The van der Waals surface area contributed by atoms with Gasteiger partial charge in [-0.1, -0.05) is 6.92 Å². The van der Waals surface area contributed by atoms with Crippen molar-refractivity contribution in [3.63, 3.8) is 0 Å². The molecule has 18 heavy (non-hydrogen) atoms. The molecule has 0 fully saturated rings. The van der Waals surface area contributed by atoms with E-state index in [1.165, 1.54) is 6.92 Å². The van der Waals surface area contributed by atoms with Crippen LogP contribution in [0.4, 0.5) is 0 Å². The first-order chi connectivity index (χ1) is 8.43. The molecule has 0 radical (unpaired) electrons. The molecule has 4 heteroatoms. The highest BCUT2D eigenvalue weighted by molar-refractivity contribution is 5.78. The average Bonchev–Trinajstić information content (AvgIpc) is 2.30. The zero-order valence-corrected chi connectivity index (χ0v) is 11.1. The van der Waals surface area contributed by atoms with Crippen molar-refractivity contribution >= 4 is 11.8 Å². The Morgan fingerprint density at radius 3 is 2.44 bits per heavy atom. The number of carbonyl (C=O) groups excluding carboxylic acids is 2. The molecule has 0 N–H and O–H groups in total. The first-order valence-corrected chi connectivity index (χ1v) is 5.79. The number of ketones is 1. The average molecular weight is 250 g/mol. The summed E-state index contributed by atoms with van der Waals surface area (Å²) in [6, 6.07) is 5.19. The highest BCUT2D eigenvalue weighted by atomic mass is 16.5. The first kappa shape index (κ1) is 14.2. The van der Waals surface area contributed by atoms with Crippen molar-refractivity contribution in [2.24, 2.45) is 5.92 Å². The minimum atomic E-state index is -0.378. The standard InChI is InChI=1S/C14H18O4/c1-9(10(2)15)7-12-8-13(17-4)5-6-14(12)18-11(3)16/h5-6,8-9H,7H2,1-4H3/t9-/m0/s1. The summed E-state index contributed by atoms with van der Waals surface area (Å²) in [6.45, 7) is 4.75. The first-order valence-electron chi connectivity index (χ1n) is 5.79. The highest BCUT2D eigenvalue weighted by Crippen LogP contribution is 2.27. The number of rotatable bonds is 5. The zero-order chi connectivity index (χ0) is 13.7. The molecule has 1 atom stereocenters. The van der Waals surface area contributed by atoms with Gasteiger partial charge < -0.3 is 9.47 Å². The van der Waals surface area contributed by atoms with E-state index in [0.717, 1.165) is 5.56 Å². The summed E-state index contributed by atoms with van der Waals surface area (Å²) in [5.41, 5.74) is 0.798. The lowest BCUT2D eigenvalue weighted by Crippen LogP contribution is -2.12. The van der Waals surface area contributed by atoms with Gasteiger partial charge in [-0.25, -0.2) is 0 Å². The highest BCUT2D eigenvalue weighted by Gasteiger charge is 2.14. The summed E-state index contributed by atoms with van der Waals surface area (Å²) in [5, 5.41) is 0. The van der Waals surface area contributed by atoms with E-state index in [2.05, 4.69) is 0 Å². The number of hydrogen-bond donors (Lipinski definition) is 0. The summed E-state index contributed by atoms with van der Waals surface area (Å²) < 4.78 is 10.3. The molecule has 0 spiro atoms. The minimum Gasteiger partial charge on any atom is -0.497 e. The Morgan fingerprint density at radius 2 is 1.94 bits per heavy atom. The molecule has 0 unspecified atom stereocenters. The summed E-state index contributed by atoms with van der Waals surface area (Å²) >= 11 is 0. The third kappa shape index (κ3) is 3.87. The molecule has 98 valence electrons. The maximum atomic E-state index is 11.3. The second-order valence-electron chi connectivity index (χ2n) is 4.28. The van der Waals surface area contributed by atoms with Gasteiger partial charge in [-0.15, -0.1) is 0 Å². The second-order valence-corrected chi connectivity index (χ2v) is 4.28. The molecule has 1 aromatic rings. The van der Waals surface area contributed by atoms with Crippen LogP contribution in [0.3, 0.4) is 0 Å². The second kappa shape index (κ2) is 6.19. The SMILES string of the molecule is COc1ccc(OC(C)=O)c(C[C@H](C)C(C)=O)c1. The lowest BCUT2D eigenvalue weighted by atomic mass is 9.97. The van der Waals surface area contributed by atoms with Gasteiger partial charge in [0, 0.05) is 12.8 Å². The number of carbonyl (C=O) groups is 2. The molecule has 0 aliphatic rings. The molecular weight excluding hydrogens is 232 g/mol. The summed E-state index contributed by atoms with van der Waals surface area (Å²) in [5.74, 6) is 0.767. The van der Waals surface area contributed by atoms with Gasteiger partial charge >= 0.3 is 5.97 Å². The van der Waals surface area contributed by atoms with E-state index < -0.39 is 0 Å². The van der Waals surface area contributed by atoms with Gasteiger partial charge in [0.1, 0.15) is 17.3 Å². The Kier molecular flexibility index (Phi) is 4.89. The van der Waals surface area contributed by atoms with E-state index in [1.54, 1.807) is 32.2 Å². The molecule has 0 aliphatic heterocycles. The van der Waals surface area contributed by atoms with Gasteiger partial charge in [0.2, 0.25) is 0 Å². The van der Waals surface area contributed by atoms with Gasteiger partial charge in [0.15, 0.2) is 0 Å². The fraction of sp³-hybridized carbons (Fsp3) is 0.429. The van der Waals surface area contributed by atoms with Crippen LogP contribution in [0.25, 0.3) is 0 Å². The molecule has 0 saturated heterocycles. The normalized spacial score (nSPS) is 11.8. The van der Waals surface area contributed by atoms with Gasteiger partial charge in [-0.05, 0) is 37.1 Å². The van der Waals surface area contributed by atoms with E-state index in [9.17, 15) is 9.59 Å². The molecule has 4 nitrogen and oxygen atoms in total. The van der Waals surface area contributed by atoms with Gasteiger partial charge in [-0.2, -0.15) is 0 Å². The van der Waals surface area contributed by atoms with E-state index in [4.69, 9.17) is 9.47 Å². The third-order valence-corrected chi connectivity index (χ3v) is 2.74. The van der Waals surface area contributed by atoms with Crippen LogP contribution in [0.5, 0.6) is 11.5 Å². The molecule has 1 aromatic carbocycles. The van der Waals surface area contributed by atoms with Gasteiger partial charge in [-0.3, -0.25) is 9.59 Å². The minimum absolute atomic E-state index is 0.103. The van der Waals surface area contributed by atoms with E-state index in [0.29, 0.717) is 17.9 Å². The predicted octanol–water partition coefficient (Wildman–Crippen LogP) is 2.39. The Morgan fingerprint density at radius 1 is 1.28 bits per heavy atom. The van der Waals surface area contributed by atoms with Crippen molar-refractivity contribution in [3.8, 4) is 11.5 Å². The summed E-state index contributed by atoms with van der Waals surface area (Å²) in [6.07, 6.45) is 0.523. The number of Topliss-reactive ketones (excluding diaryl/α,β-unsaturated/α-hetero) is 1. The Balaban J connectivity index is 3.03. The van der Waals surface area contributed by atoms with Gasteiger partial charge in [0.05, 0.1) is 7.11 Å². The lowest BCUT2D eigenvalue weighted by molar-refractivity contribution is -0.131. The van der Waals surface area contributed by atoms with E-state index >= 15 is 0 Å². The molecule has 0 bridgehead atoms. The molecule has 0 aliphatic carbocycles. The molecule has 1 rings (SSSR count). The number of hydrogen-bond acceptors (Lipinski definition) is 4. The summed E-state index contributed by atoms with van der Waals surface area (Å²) in [7, 11) is 1.57. The third-order valence-electron chi connectivity index (χ3n) is 2.74. The molecule has 0 aromatic heterocycles. The number of ether oxygens (including phenoxy) is 2. The fourth-order valence-corrected chi connectivity index (χ4v) is 1.57.